The molecule has 0 spiro atoms. The van der Waals surface area contributed by atoms with E-state index in [-0.39, 0.29) is 18.1 Å². The topological polar surface area (TPSA) is 68.5 Å². The van der Waals surface area contributed by atoms with Gasteiger partial charge in [0.25, 0.3) is 5.91 Å². The summed E-state index contributed by atoms with van der Waals surface area (Å²) in [6.45, 7) is 0.677. The summed E-state index contributed by atoms with van der Waals surface area (Å²) in [4.78, 5) is 24.2. The second-order valence-electron chi connectivity index (χ2n) is 7.19. The number of rotatable bonds is 5. The van der Waals surface area contributed by atoms with Crippen molar-refractivity contribution >= 4 is 27.6 Å². The molecule has 3 aromatic rings. The normalized spacial score (nSPS) is 15.1. The molecule has 1 N–H and O–H groups in total. The van der Waals surface area contributed by atoms with Crippen LogP contribution >= 0.6 is 0 Å². The second-order valence-corrected chi connectivity index (χ2v) is 7.19. The first-order valence-corrected chi connectivity index (χ1v) is 9.56. The lowest BCUT2D eigenvalue weighted by Crippen LogP contribution is -2.33. The molecule has 0 saturated heterocycles. The number of benzene rings is 2. The molecule has 2 aromatic carbocycles. The van der Waals surface area contributed by atoms with E-state index in [1.54, 1.807) is 18.2 Å². The molecule has 1 amide bonds. The third kappa shape index (κ3) is 3.97. The van der Waals surface area contributed by atoms with Gasteiger partial charge in [0.15, 0.2) is 6.61 Å². The van der Waals surface area contributed by atoms with E-state index in [0.29, 0.717) is 22.6 Å². The van der Waals surface area contributed by atoms with Gasteiger partial charge in [0, 0.05) is 18.0 Å². The van der Waals surface area contributed by atoms with Gasteiger partial charge >= 0.3 is 5.63 Å². The molecule has 5 heteroatoms. The van der Waals surface area contributed by atoms with Crippen molar-refractivity contribution in [3.05, 3.63) is 52.9 Å². The van der Waals surface area contributed by atoms with Crippen molar-refractivity contribution in [3.8, 4) is 5.75 Å². The molecule has 27 heavy (non-hydrogen) atoms. The van der Waals surface area contributed by atoms with Crippen LogP contribution in [0.25, 0.3) is 21.7 Å². The van der Waals surface area contributed by atoms with E-state index in [0.717, 1.165) is 17.3 Å². The Morgan fingerprint density at radius 1 is 1.04 bits per heavy atom. The lowest BCUT2D eigenvalue weighted by atomic mass is 9.89. The van der Waals surface area contributed by atoms with Crippen molar-refractivity contribution in [3.63, 3.8) is 0 Å². The number of hydrogen-bond donors (Lipinski definition) is 1. The van der Waals surface area contributed by atoms with Crippen LogP contribution in [0, 0.1) is 5.92 Å². The predicted molar refractivity (Wildman–Crippen MR) is 105 cm³/mol. The first-order chi connectivity index (χ1) is 13.2. The Balaban J connectivity index is 1.42. The Labute approximate surface area is 157 Å². The zero-order chi connectivity index (χ0) is 18.6. The van der Waals surface area contributed by atoms with Gasteiger partial charge in [-0.05, 0) is 42.3 Å². The largest absolute Gasteiger partial charge is 0.484 e. The molecule has 1 saturated carbocycles. The average Bonchev–Trinajstić information content (AvgIpc) is 2.71. The summed E-state index contributed by atoms with van der Waals surface area (Å²) in [6.07, 6.45) is 6.21. The molecule has 1 fully saturated rings. The molecule has 0 aliphatic heterocycles. The minimum absolute atomic E-state index is 0.0456. The van der Waals surface area contributed by atoms with Gasteiger partial charge in [-0.1, -0.05) is 37.5 Å². The van der Waals surface area contributed by atoms with E-state index in [2.05, 4.69) is 5.32 Å². The summed E-state index contributed by atoms with van der Waals surface area (Å²) in [7, 11) is 0. The van der Waals surface area contributed by atoms with Gasteiger partial charge in [-0.2, -0.15) is 0 Å². The van der Waals surface area contributed by atoms with Gasteiger partial charge in [-0.3, -0.25) is 4.79 Å². The van der Waals surface area contributed by atoms with Crippen molar-refractivity contribution in [2.75, 3.05) is 13.2 Å². The summed E-state index contributed by atoms with van der Waals surface area (Å²) in [5, 5.41) is 5.21. The smallest absolute Gasteiger partial charge is 0.344 e. The highest BCUT2D eigenvalue weighted by atomic mass is 16.5. The van der Waals surface area contributed by atoms with Crippen LogP contribution in [0.3, 0.4) is 0 Å². The standard InChI is InChI=1S/C22H23NO4/c24-21(23-13-15-6-2-1-3-7-15)14-26-16-10-11-18-17-8-4-5-9-19(17)22(25)27-20(18)12-16/h4-5,8-12,15H,1-3,6-7,13-14H2,(H,23,24). The van der Waals surface area contributed by atoms with Gasteiger partial charge in [0.1, 0.15) is 11.3 Å². The van der Waals surface area contributed by atoms with E-state index in [9.17, 15) is 9.59 Å². The second kappa shape index (κ2) is 7.82. The minimum atomic E-state index is -0.375. The summed E-state index contributed by atoms with van der Waals surface area (Å²) in [5.74, 6) is 0.973. The van der Waals surface area contributed by atoms with Crippen LogP contribution in [0.1, 0.15) is 32.1 Å². The number of nitrogens with one attached hydrogen (secondary N) is 1. The highest BCUT2D eigenvalue weighted by molar-refractivity contribution is 6.04. The van der Waals surface area contributed by atoms with Crippen molar-refractivity contribution in [1.29, 1.82) is 0 Å². The van der Waals surface area contributed by atoms with E-state index < -0.39 is 0 Å². The third-order valence-electron chi connectivity index (χ3n) is 5.28. The van der Waals surface area contributed by atoms with Crippen LogP contribution in [-0.4, -0.2) is 19.1 Å². The Kier molecular flexibility index (Phi) is 5.10. The number of fused-ring (bicyclic) bond motifs is 3. The molecule has 1 aromatic heterocycles. The fraction of sp³-hybridized carbons (Fsp3) is 0.364. The molecule has 0 radical (unpaired) electrons. The summed E-state index contributed by atoms with van der Waals surface area (Å²) in [6, 6.07) is 12.7. The fourth-order valence-electron chi connectivity index (χ4n) is 3.80. The molecule has 0 bridgehead atoms. The Morgan fingerprint density at radius 3 is 2.63 bits per heavy atom. The number of carbonyl (C=O) groups excluding carboxylic acids is 1. The molecule has 1 heterocycles. The lowest BCUT2D eigenvalue weighted by molar-refractivity contribution is -0.123. The molecule has 4 rings (SSSR count). The molecule has 0 atom stereocenters. The van der Waals surface area contributed by atoms with Gasteiger partial charge in [0.05, 0.1) is 5.39 Å². The summed E-state index contributed by atoms with van der Waals surface area (Å²) >= 11 is 0. The Bertz CT molecular complexity index is 1020. The Morgan fingerprint density at radius 2 is 1.81 bits per heavy atom. The lowest BCUT2D eigenvalue weighted by Gasteiger charge is -2.21. The quantitative estimate of drug-likeness (QED) is 0.548. The van der Waals surface area contributed by atoms with Crippen LogP contribution in [0.5, 0.6) is 5.75 Å². The van der Waals surface area contributed by atoms with E-state index in [4.69, 9.17) is 9.15 Å². The highest BCUT2D eigenvalue weighted by Gasteiger charge is 2.14. The molecular weight excluding hydrogens is 342 g/mol. The number of amides is 1. The maximum atomic E-state index is 12.1. The van der Waals surface area contributed by atoms with E-state index in [1.165, 1.54) is 32.1 Å². The molecule has 0 unspecified atom stereocenters. The maximum absolute atomic E-state index is 12.1. The van der Waals surface area contributed by atoms with Gasteiger partial charge in [-0.25, -0.2) is 4.79 Å². The SMILES string of the molecule is O=C(COc1ccc2c(c1)oc(=O)c1ccccc12)NCC1CCCCC1. The highest BCUT2D eigenvalue weighted by Crippen LogP contribution is 2.26. The molecule has 1 aliphatic carbocycles. The molecule has 5 nitrogen and oxygen atoms in total. The first kappa shape index (κ1) is 17.6. The molecule has 1 aliphatic rings. The van der Waals surface area contributed by atoms with Crippen LogP contribution < -0.4 is 15.7 Å². The average molecular weight is 365 g/mol. The third-order valence-corrected chi connectivity index (χ3v) is 5.28. The van der Waals surface area contributed by atoms with Crippen LogP contribution in [0.15, 0.2) is 51.7 Å². The summed E-state index contributed by atoms with van der Waals surface area (Å²) in [5.41, 5.74) is 0.0827. The fourth-order valence-corrected chi connectivity index (χ4v) is 3.80. The summed E-state index contributed by atoms with van der Waals surface area (Å²) < 4.78 is 11.0. The monoisotopic (exact) mass is 365 g/mol. The van der Waals surface area contributed by atoms with Gasteiger partial charge < -0.3 is 14.5 Å². The van der Waals surface area contributed by atoms with Crippen molar-refractivity contribution in [2.24, 2.45) is 5.92 Å². The number of carbonyl (C=O) groups is 1. The van der Waals surface area contributed by atoms with E-state index >= 15 is 0 Å². The Hall–Kier alpha value is -2.82. The maximum Gasteiger partial charge on any atom is 0.344 e. The zero-order valence-electron chi connectivity index (χ0n) is 15.2. The van der Waals surface area contributed by atoms with Crippen molar-refractivity contribution in [1.82, 2.24) is 5.32 Å². The number of hydrogen-bond acceptors (Lipinski definition) is 4. The van der Waals surface area contributed by atoms with Crippen LogP contribution in [0.2, 0.25) is 0 Å². The van der Waals surface area contributed by atoms with Crippen molar-refractivity contribution < 1.29 is 13.9 Å². The first-order valence-electron chi connectivity index (χ1n) is 9.56. The minimum Gasteiger partial charge on any atom is -0.484 e. The number of ether oxygens (including phenoxy) is 1. The van der Waals surface area contributed by atoms with Gasteiger partial charge in [0.2, 0.25) is 0 Å². The zero-order valence-corrected chi connectivity index (χ0v) is 15.2. The van der Waals surface area contributed by atoms with Crippen molar-refractivity contribution in [2.45, 2.75) is 32.1 Å². The van der Waals surface area contributed by atoms with Crippen LogP contribution in [0.4, 0.5) is 0 Å². The van der Waals surface area contributed by atoms with E-state index in [1.807, 2.05) is 24.3 Å². The van der Waals surface area contributed by atoms with Crippen LogP contribution in [-0.2, 0) is 4.79 Å². The predicted octanol–water partition coefficient (Wildman–Crippen LogP) is 4.02. The molecule has 140 valence electrons. The molecular formula is C22H23NO4. The van der Waals surface area contributed by atoms with Gasteiger partial charge in [-0.15, -0.1) is 0 Å².